The summed E-state index contributed by atoms with van der Waals surface area (Å²) in [5.41, 5.74) is -9.24. The second-order valence-electron chi connectivity index (χ2n) is 11.0. The van der Waals surface area contributed by atoms with Crippen LogP contribution in [0.3, 0.4) is 0 Å². The Balaban J connectivity index is 0.000000290. The summed E-state index contributed by atoms with van der Waals surface area (Å²) in [6.07, 6.45) is 0. The molecule has 0 radical (unpaired) electrons. The first kappa shape index (κ1) is 42.3. The van der Waals surface area contributed by atoms with Gasteiger partial charge in [0.1, 0.15) is 0 Å². The van der Waals surface area contributed by atoms with Gasteiger partial charge in [0, 0.05) is 22.3 Å². The van der Waals surface area contributed by atoms with Crippen LogP contribution >= 0.6 is 0 Å². The first-order valence-corrected chi connectivity index (χ1v) is 14.3. The Morgan fingerprint density at radius 1 is 0.333 bits per heavy atom. The minimum atomic E-state index is -5.99. The predicted molar refractivity (Wildman–Crippen MR) is 159 cm³/mol. The second-order valence-corrected chi connectivity index (χ2v) is 11.0. The van der Waals surface area contributed by atoms with Crippen LogP contribution in [0.1, 0.15) is 63.7 Å². The molecule has 20 heteroatoms. The summed E-state index contributed by atoms with van der Waals surface area (Å²) in [5, 5.41) is 35.0. The molecule has 0 fully saturated rings. The van der Waals surface area contributed by atoms with Gasteiger partial charge in [-0.2, -0.15) is 52.7 Å². The Morgan fingerprint density at radius 3 is 0.815 bits per heavy atom. The van der Waals surface area contributed by atoms with Crippen LogP contribution in [-0.4, -0.2) is 56.1 Å². The van der Waals surface area contributed by atoms with Crippen molar-refractivity contribution in [2.75, 3.05) is 0 Å². The number of halogens is 12. The fourth-order valence-corrected chi connectivity index (χ4v) is 4.48. The van der Waals surface area contributed by atoms with Gasteiger partial charge in [-0.25, -0.2) is 19.2 Å². The van der Waals surface area contributed by atoms with E-state index < -0.39 is 104 Å². The number of aromatic carboxylic acids is 4. The fraction of sp³-hybridized carbons (Fsp3) is 0.176. The molecule has 0 spiro atoms. The van der Waals surface area contributed by atoms with Crippen LogP contribution in [0, 0.1) is 0 Å². The van der Waals surface area contributed by atoms with Crippen LogP contribution in [0.5, 0.6) is 0 Å². The van der Waals surface area contributed by atoms with Crippen LogP contribution in [0.15, 0.2) is 97.1 Å². The van der Waals surface area contributed by atoms with E-state index in [0.717, 1.165) is 24.3 Å². The SMILES string of the molecule is O=C(O)c1ccc(C(F)(F)C(F)(F)C(F)(F)c2cccc(C(=O)O)c2)cc1.O=C(O)c1cccc(C(F)(F)C(F)(F)C(F)(F)c2cccc(C(=O)O)c2)c1. The Kier molecular flexibility index (Phi) is 11.6. The smallest absolute Gasteiger partial charge is 0.380 e. The van der Waals surface area contributed by atoms with Crippen molar-refractivity contribution in [3.05, 3.63) is 142 Å². The maximum atomic E-state index is 14.3. The molecule has 8 nitrogen and oxygen atoms in total. The molecule has 0 aliphatic rings. The van der Waals surface area contributed by atoms with Crippen molar-refractivity contribution in [3.63, 3.8) is 0 Å². The first-order chi connectivity index (χ1) is 24.6. The molecule has 0 bridgehead atoms. The fourth-order valence-electron chi connectivity index (χ4n) is 4.48. The summed E-state index contributed by atoms with van der Waals surface area (Å²) in [6.45, 7) is 0. The number of hydrogen-bond donors (Lipinski definition) is 4. The third-order valence-electron chi connectivity index (χ3n) is 7.49. The van der Waals surface area contributed by atoms with Gasteiger partial charge in [-0.15, -0.1) is 0 Å². The largest absolute Gasteiger partial charge is 0.478 e. The Hall–Kier alpha value is -6.08. The molecular weight excluding hydrogens is 764 g/mol. The molecular formula is C34H20F12O8. The zero-order valence-corrected chi connectivity index (χ0v) is 26.2. The van der Waals surface area contributed by atoms with Crippen LogP contribution < -0.4 is 0 Å². The molecule has 0 aromatic heterocycles. The number of rotatable bonds is 12. The van der Waals surface area contributed by atoms with E-state index in [1.54, 1.807) is 0 Å². The molecule has 0 amide bonds. The quantitative estimate of drug-likeness (QED) is 0.104. The van der Waals surface area contributed by atoms with E-state index in [0.29, 0.717) is 54.6 Å². The lowest BCUT2D eigenvalue weighted by atomic mass is 9.91. The van der Waals surface area contributed by atoms with E-state index in [-0.39, 0.29) is 18.2 Å². The van der Waals surface area contributed by atoms with E-state index >= 15 is 0 Å². The average Bonchev–Trinajstić information content (AvgIpc) is 3.11. The van der Waals surface area contributed by atoms with E-state index in [1.165, 1.54) is 0 Å². The molecule has 0 saturated carbocycles. The van der Waals surface area contributed by atoms with Crippen molar-refractivity contribution in [2.45, 2.75) is 35.5 Å². The molecule has 0 aliphatic carbocycles. The number of carboxylic acid groups (broad SMARTS) is 4. The Labute approximate surface area is 293 Å². The number of alkyl halides is 12. The lowest BCUT2D eigenvalue weighted by molar-refractivity contribution is -0.321. The number of hydrogen-bond acceptors (Lipinski definition) is 4. The summed E-state index contributed by atoms with van der Waals surface area (Å²) >= 11 is 0. The molecule has 0 aliphatic heterocycles. The zero-order chi connectivity index (χ0) is 41.2. The van der Waals surface area contributed by atoms with Crippen LogP contribution in [0.25, 0.3) is 0 Å². The maximum absolute atomic E-state index is 14.3. The molecule has 54 heavy (non-hydrogen) atoms. The van der Waals surface area contributed by atoms with Gasteiger partial charge in [0.15, 0.2) is 0 Å². The molecule has 0 saturated heterocycles. The van der Waals surface area contributed by atoms with Gasteiger partial charge in [-0.3, -0.25) is 0 Å². The summed E-state index contributed by atoms with van der Waals surface area (Å²) in [7, 11) is 0. The second kappa shape index (κ2) is 14.7. The minimum Gasteiger partial charge on any atom is -0.478 e. The topological polar surface area (TPSA) is 149 Å². The van der Waals surface area contributed by atoms with Crippen molar-refractivity contribution in [3.8, 4) is 0 Å². The molecule has 0 unspecified atom stereocenters. The van der Waals surface area contributed by atoms with Gasteiger partial charge in [-0.1, -0.05) is 48.5 Å². The van der Waals surface area contributed by atoms with Crippen LogP contribution in [0.2, 0.25) is 0 Å². The van der Waals surface area contributed by atoms with Crippen molar-refractivity contribution in [1.29, 1.82) is 0 Å². The molecule has 4 rings (SSSR count). The molecule has 288 valence electrons. The highest BCUT2D eigenvalue weighted by Gasteiger charge is 2.73. The number of benzene rings is 4. The first-order valence-electron chi connectivity index (χ1n) is 14.3. The zero-order valence-electron chi connectivity index (χ0n) is 26.2. The lowest BCUT2D eigenvalue weighted by Crippen LogP contribution is -2.50. The van der Waals surface area contributed by atoms with Crippen molar-refractivity contribution in [2.24, 2.45) is 0 Å². The van der Waals surface area contributed by atoms with Gasteiger partial charge in [0.05, 0.1) is 22.3 Å². The van der Waals surface area contributed by atoms with Gasteiger partial charge in [0.25, 0.3) is 0 Å². The molecule has 0 heterocycles. The normalized spacial score (nSPS) is 12.7. The van der Waals surface area contributed by atoms with Gasteiger partial charge < -0.3 is 20.4 Å². The maximum Gasteiger partial charge on any atom is 0.380 e. The molecule has 4 N–H and O–H groups in total. The monoisotopic (exact) mass is 784 g/mol. The summed E-state index contributed by atoms with van der Waals surface area (Å²) < 4.78 is 171. The van der Waals surface area contributed by atoms with Crippen LogP contribution in [0.4, 0.5) is 52.7 Å². The highest BCUT2D eigenvalue weighted by atomic mass is 19.4. The van der Waals surface area contributed by atoms with E-state index in [1.807, 2.05) is 0 Å². The highest BCUT2D eigenvalue weighted by molar-refractivity contribution is 5.89. The summed E-state index contributed by atoms with van der Waals surface area (Å²) in [5.74, 6) is -40.3. The Morgan fingerprint density at radius 2 is 0.574 bits per heavy atom. The number of carboxylic acids is 4. The van der Waals surface area contributed by atoms with Crippen LogP contribution in [-0.2, 0) is 23.7 Å². The van der Waals surface area contributed by atoms with Crippen molar-refractivity contribution >= 4 is 23.9 Å². The molecule has 4 aromatic carbocycles. The summed E-state index contributed by atoms with van der Waals surface area (Å²) in [4.78, 5) is 43.1. The third kappa shape index (κ3) is 7.67. The lowest BCUT2D eigenvalue weighted by Gasteiger charge is -2.33. The highest BCUT2D eigenvalue weighted by Crippen LogP contribution is 2.56. The molecule has 0 atom stereocenters. The van der Waals surface area contributed by atoms with Crippen molar-refractivity contribution < 1.29 is 92.3 Å². The van der Waals surface area contributed by atoms with Gasteiger partial charge >= 0.3 is 59.4 Å². The summed E-state index contributed by atoms with van der Waals surface area (Å²) in [6, 6.07) is 8.11. The van der Waals surface area contributed by atoms with Gasteiger partial charge in [-0.05, 0) is 48.5 Å². The number of carbonyl (C=O) groups is 4. The third-order valence-corrected chi connectivity index (χ3v) is 7.49. The van der Waals surface area contributed by atoms with E-state index in [2.05, 4.69) is 0 Å². The average molecular weight is 785 g/mol. The minimum absolute atomic E-state index is 0.167. The van der Waals surface area contributed by atoms with Gasteiger partial charge in [0.2, 0.25) is 0 Å². The Bertz CT molecular complexity index is 1990. The standard InChI is InChI=1S/2C17H10F6O4/c18-15(19,11-5-1-3-9(7-11)13(24)25)17(22,23)16(20,21)12-6-2-4-10(8-12)14(26)27;18-15(19,11-6-4-9(5-7-11)13(24)25)17(22,23)16(20,21)12-3-1-2-10(8-12)14(26)27/h2*1-8H,(H,24,25)(H,26,27). The van der Waals surface area contributed by atoms with E-state index in [4.69, 9.17) is 20.4 Å². The molecule has 4 aromatic rings. The predicted octanol–water partition coefficient (Wildman–Crippen LogP) is 9.20. The van der Waals surface area contributed by atoms with Crippen molar-refractivity contribution in [1.82, 2.24) is 0 Å². The van der Waals surface area contributed by atoms with E-state index in [9.17, 15) is 71.9 Å².